The van der Waals surface area contributed by atoms with Gasteiger partial charge in [-0.25, -0.2) is 0 Å². The molecule has 1 aliphatic rings. The van der Waals surface area contributed by atoms with Crippen LogP contribution in [-0.4, -0.2) is 28.5 Å². The van der Waals surface area contributed by atoms with E-state index in [4.69, 9.17) is 4.74 Å². The second kappa shape index (κ2) is 5.72. The maximum atomic E-state index is 5.42. The minimum atomic E-state index is 0.189. The molecule has 0 atom stereocenters. The molecule has 0 aliphatic carbocycles. The highest BCUT2D eigenvalue weighted by molar-refractivity contribution is 9.10. The van der Waals surface area contributed by atoms with Gasteiger partial charge in [-0.15, -0.1) is 0 Å². The Bertz CT molecular complexity index is 411. The highest BCUT2D eigenvalue weighted by atomic mass is 79.9. The Balaban J connectivity index is 2.05. The Morgan fingerprint density at radius 2 is 2.11 bits per heavy atom. The van der Waals surface area contributed by atoms with E-state index >= 15 is 0 Å². The van der Waals surface area contributed by atoms with E-state index in [0.29, 0.717) is 0 Å². The van der Waals surface area contributed by atoms with Crippen LogP contribution in [-0.2, 0) is 17.8 Å². The van der Waals surface area contributed by atoms with Gasteiger partial charge in [0.1, 0.15) is 0 Å². The van der Waals surface area contributed by atoms with Crippen LogP contribution in [0.5, 0.6) is 0 Å². The van der Waals surface area contributed by atoms with E-state index in [1.807, 2.05) is 6.92 Å². The summed E-state index contributed by atoms with van der Waals surface area (Å²) in [5, 5.41) is 8.19. The number of rotatable bonds is 4. The molecule has 102 valence electrons. The van der Waals surface area contributed by atoms with Crippen LogP contribution in [0.3, 0.4) is 0 Å². The van der Waals surface area contributed by atoms with Crippen molar-refractivity contribution in [1.29, 1.82) is 0 Å². The molecule has 0 aromatic carbocycles. The number of aromatic nitrogens is 2. The molecule has 1 aromatic heterocycles. The van der Waals surface area contributed by atoms with Crippen LogP contribution < -0.4 is 5.32 Å². The Morgan fingerprint density at radius 3 is 2.72 bits per heavy atom. The summed E-state index contributed by atoms with van der Waals surface area (Å²) < 4.78 is 8.62. The quantitative estimate of drug-likeness (QED) is 0.928. The topological polar surface area (TPSA) is 39.1 Å². The molecule has 2 rings (SSSR count). The van der Waals surface area contributed by atoms with Crippen molar-refractivity contribution >= 4 is 15.9 Å². The second-order valence-electron chi connectivity index (χ2n) is 5.19. The lowest BCUT2D eigenvalue weighted by molar-refractivity contribution is 0.0443. The molecule has 0 amide bonds. The standard InChI is InChI=1S/C13H22BrN3O/c1-4-17-11(12(14)10(2)16-17)9-15-13(3)5-7-18-8-6-13/h15H,4-9H2,1-3H3. The van der Waals surface area contributed by atoms with Crippen molar-refractivity contribution in [2.45, 2.75) is 52.2 Å². The molecule has 1 N–H and O–H groups in total. The molecule has 4 nitrogen and oxygen atoms in total. The van der Waals surface area contributed by atoms with E-state index in [2.05, 4.69) is 44.9 Å². The van der Waals surface area contributed by atoms with Crippen LogP contribution in [0.15, 0.2) is 4.47 Å². The number of aryl methyl sites for hydroxylation is 2. The van der Waals surface area contributed by atoms with Gasteiger partial charge in [-0.05, 0) is 49.5 Å². The Hall–Kier alpha value is -0.390. The van der Waals surface area contributed by atoms with Gasteiger partial charge in [-0.1, -0.05) is 0 Å². The Kier molecular flexibility index (Phi) is 4.45. The van der Waals surface area contributed by atoms with Crippen LogP contribution >= 0.6 is 15.9 Å². The lowest BCUT2D eigenvalue weighted by atomic mass is 9.92. The summed E-state index contributed by atoms with van der Waals surface area (Å²) in [4.78, 5) is 0. The summed E-state index contributed by atoms with van der Waals surface area (Å²) in [5.41, 5.74) is 2.49. The number of nitrogens with one attached hydrogen (secondary N) is 1. The number of hydrogen-bond acceptors (Lipinski definition) is 3. The summed E-state index contributed by atoms with van der Waals surface area (Å²) in [6.07, 6.45) is 2.15. The third-order valence-corrected chi connectivity index (χ3v) is 4.76. The summed E-state index contributed by atoms with van der Waals surface area (Å²) in [7, 11) is 0. The van der Waals surface area contributed by atoms with E-state index < -0.39 is 0 Å². The van der Waals surface area contributed by atoms with Crippen LogP contribution in [0.4, 0.5) is 0 Å². The lowest BCUT2D eigenvalue weighted by Crippen LogP contribution is -2.46. The maximum Gasteiger partial charge on any atom is 0.0739 e. The average Bonchev–Trinajstić information content (AvgIpc) is 2.64. The molecular weight excluding hydrogens is 294 g/mol. The number of ether oxygens (including phenoxy) is 1. The number of nitrogens with zero attached hydrogens (tertiary/aromatic N) is 2. The fourth-order valence-electron chi connectivity index (χ4n) is 2.33. The van der Waals surface area contributed by atoms with E-state index in [1.54, 1.807) is 0 Å². The molecule has 18 heavy (non-hydrogen) atoms. The van der Waals surface area contributed by atoms with Gasteiger partial charge in [0.2, 0.25) is 0 Å². The summed E-state index contributed by atoms with van der Waals surface area (Å²) in [6.45, 7) is 9.92. The summed E-state index contributed by atoms with van der Waals surface area (Å²) in [6, 6.07) is 0. The zero-order valence-electron chi connectivity index (χ0n) is 11.4. The molecule has 1 aliphatic heterocycles. The van der Waals surface area contributed by atoms with Crippen LogP contribution in [0.25, 0.3) is 0 Å². The molecule has 1 aromatic rings. The van der Waals surface area contributed by atoms with Gasteiger partial charge in [0.25, 0.3) is 0 Å². The zero-order chi connectivity index (χ0) is 13.2. The first-order chi connectivity index (χ1) is 8.56. The van der Waals surface area contributed by atoms with Crippen molar-refractivity contribution < 1.29 is 4.74 Å². The molecule has 0 bridgehead atoms. The molecule has 5 heteroatoms. The predicted molar refractivity (Wildman–Crippen MR) is 75.6 cm³/mol. The predicted octanol–water partition coefficient (Wildman–Crippen LogP) is 2.63. The lowest BCUT2D eigenvalue weighted by Gasteiger charge is -2.34. The second-order valence-corrected chi connectivity index (χ2v) is 5.98. The zero-order valence-corrected chi connectivity index (χ0v) is 13.0. The summed E-state index contributed by atoms with van der Waals surface area (Å²) in [5.74, 6) is 0. The SMILES string of the molecule is CCn1nc(C)c(Br)c1CNC1(C)CCOCC1. The minimum Gasteiger partial charge on any atom is -0.381 e. The van der Waals surface area contributed by atoms with Crippen molar-refractivity contribution in [1.82, 2.24) is 15.1 Å². The van der Waals surface area contributed by atoms with Gasteiger partial charge in [0, 0.05) is 31.8 Å². The molecule has 1 saturated heterocycles. The maximum absolute atomic E-state index is 5.42. The monoisotopic (exact) mass is 315 g/mol. The van der Waals surface area contributed by atoms with E-state index in [1.165, 1.54) is 5.69 Å². The van der Waals surface area contributed by atoms with Crippen molar-refractivity contribution in [2.75, 3.05) is 13.2 Å². The highest BCUT2D eigenvalue weighted by Crippen LogP contribution is 2.24. The average molecular weight is 316 g/mol. The number of hydrogen-bond donors (Lipinski definition) is 1. The first-order valence-electron chi connectivity index (χ1n) is 6.60. The first-order valence-corrected chi connectivity index (χ1v) is 7.39. The molecule has 0 unspecified atom stereocenters. The van der Waals surface area contributed by atoms with Crippen LogP contribution in [0.1, 0.15) is 38.1 Å². The van der Waals surface area contributed by atoms with Gasteiger partial charge < -0.3 is 10.1 Å². The van der Waals surface area contributed by atoms with Gasteiger partial charge in [0.05, 0.1) is 15.9 Å². The fraction of sp³-hybridized carbons (Fsp3) is 0.769. The Morgan fingerprint density at radius 1 is 1.44 bits per heavy atom. The van der Waals surface area contributed by atoms with Gasteiger partial charge in [-0.2, -0.15) is 5.10 Å². The van der Waals surface area contributed by atoms with Crippen molar-refractivity contribution in [3.63, 3.8) is 0 Å². The summed E-state index contributed by atoms with van der Waals surface area (Å²) >= 11 is 3.64. The fourth-order valence-corrected chi connectivity index (χ4v) is 2.76. The molecular formula is C13H22BrN3O. The van der Waals surface area contributed by atoms with Gasteiger partial charge in [0.15, 0.2) is 0 Å². The molecule has 2 heterocycles. The Labute approximate surface area is 117 Å². The third kappa shape index (κ3) is 2.95. The molecule has 0 saturated carbocycles. The smallest absolute Gasteiger partial charge is 0.0739 e. The van der Waals surface area contributed by atoms with Crippen molar-refractivity contribution in [3.8, 4) is 0 Å². The largest absolute Gasteiger partial charge is 0.381 e. The first kappa shape index (κ1) is 14.0. The van der Waals surface area contributed by atoms with E-state index in [-0.39, 0.29) is 5.54 Å². The van der Waals surface area contributed by atoms with E-state index in [9.17, 15) is 0 Å². The van der Waals surface area contributed by atoms with Crippen LogP contribution in [0, 0.1) is 6.92 Å². The molecule has 0 spiro atoms. The van der Waals surface area contributed by atoms with Crippen molar-refractivity contribution in [2.24, 2.45) is 0 Å². The number of halogens is 1. The van der Waals surface area contributed by atoms with Gasteiger partial charge >= 0.3 is 0 Å². The van der Waals surface area contributed by atoms with E-state index in [0.717, 1.165) is 49.3 Å². The minimum absolute atomic E-state index is 0.189. The molecule has 1 fully saturated rings. The molecule has 0 radical (unpaired) electrons. The van der Waals surface area contributed by atoms with Crippen LogP contribution in [0.2, 0.25) is 0 Å². The van der Waals surface area contributed by atoms with Gasteiger partial charge in [-0.3, -0.25) is 4.68 Å². The normalized spacial score (nSPS) is 19.1. The van der Waals surface area contributed by atoms with Crippen molar-refractivity contribution in [3.05, 3.63) is 15.9 Å². The third-order valence-electron chi connectivity index (χ3n) is 3.73. The highest BCUT2D eigenvalue weighted by Gasteiger charge is 2.27.